The highest BCUT2D eigenvalue weighted by Gasteiger charge is 2.44. The average Bonchev–Trinajstić information content (AvgIpc) is 3.36. The van der Waals surface area contributed by atoms with Gasteiger partial charge in [0.15, 0.2) is 0 Å². The summed E-state index contributed by atoms with van der Waals surface area (Å²) in [4.78, 5) is 26.8. The highest BCUT2D eigenvalue weighted by atomic mass is 32.2. The van der Waals surface area contributed by atoms with Crippen LogP contribution in [0.1, 0.15) is 21.6 Å². The van der Waals surface area contributed by atoms with Crippen LogP contribution in [0.4, 0.5) is 4.39 Å². The third kappa shape index (κ3) is 4.04. The largest absolute Gasteiger partial charge is 0.338 e. The van der Waals surface area contributed by atoms with E-state index in [1.165, 1.54) is 22.7 Å². The van der Waals surface area contributed by atoms with Crippen LogP contribution in [0.3, 0.4) is 0 Å². The van der Waals surface area contributed by atoms with Crippen molar-refractivity contribution < 1.29 is 17.6 Å². The Hall–Kier alpha value is -3.11. The van der Waals surface area contributed by atoms with Crippen LogP contribution < -0.4 is 5.56 Å². The van der Waals surface area contributed by atoms with Crippen LogP contribution in [0.15, 0.2) is 47.3 Å². The number of fused-ring (bicyclic) bond motifs is 2. The predicted molar refractivity (Wildman–Crippen MR) is 121 cm³/mol. The van der Waals surface area contributed by atoms with E-state index in [0.29, 0.717) is 54.6 Å². The number of H-pyrrole nitrogens is 1. The van der Waals surface area contributed by atoms with Gasteiger partial charge in [0.25, 0.3) is 11.5 Å². The number of nitrogens with zero attached hydrogens (tertiary/aromatic N) is 3. The first-order chi connectivity index (χ1) is 15.7. The van der Waals surface area contributed by atoms with Crippen molar-refractivity contribution in [3.63, 3.8) is 0 Å². The van der Waals surface area contributed by atoms with E-state index in [0.717, 1.165) is 0 Å². The van der Waals surface area contributed by atoms with Gasteiger partial charge in [0.2, 0.25) is 10.0 Å². The number of likely N-dealkylation sites (tertiary alicyclic amines) is 1. The van der Waals surface area contributed by atoms with Crippen LogP contribution in [0, 0.1) is 17.7 Å². The molecule has 1 N–H and O–H groups in total. The van der Waals surface area contributed by atoms with Crippen molar-refractivity contribution in [1.29, 1.82) is 0 Å². The quantitative estimate of drug-likeness (QED) is 0.624. The van der Waals surface area contributed by atoms with Crippen molar-refractivity contribution in [3.8, 4) is 0 Å². The first-order valence-corrected chi connectivity index (χ1v) is 12.5. The molecule has 0 radical (unpaired) electrons. The molecule has 2 unspecified atom stereocenters. The molecular weight excluding hydrogens is 447 g/mol. The molecule has 5 rings (SSSR count). The van der Waals surface area contributed by atoms with Gasteiger partial charge in [-0.3, -0.25) is 9.59 Å². The number of rotatable bonds is 4. The van der Waals surface area contributed by atoms with E-state index >= 15 is 0 Å². The molecule has 172 valence electrons. The van der Waals surface area contributed by atoms with Gasteiger partial charge in [-0.1, -0.05) is 24.3 Å². The van der Waals surface area contributed by atoms with Crippen molar-refractivity contribution in [2.45, 2.75) is 6.42 Å². The molecule has 33 heavy (non-hydrogen) atoms. The molecule has 2 atom stereocenters. The van der Waals surface area contributed by atoms with Crippen molar-refractivity contribution in [2.24, 2.45) is 11.8 Å². The number of sulfonamides is 1. The van der Waals surface area contributed by atoms with E-state index in [-0.39, 0.29) is 23.0 Å². The smallest absolute Gasteiger partial charge is 0.272 e. The second-order valence-electron chi connectivity index (χ2n) is 8.85. The Labute approximate surface area is 190 Å². The summed E-state index contributed by atoms with van der Waals surface area (Å²) in [7, 11) is -3.25. The van der Waals surface area contributed by atoms with E-state index in [9.17, 15) is 22.4 Å². The minimum atomic E-state index is -3.25. The van der Waals surface area contributed by atoms with E-state index in [4.69, 9.17) is 0 Å². The zero-order valence-electron chi connectivity index (χ0n) is 18.0. The Morgan fingerprint density at radius 1 is 1.09 bits per heavy atom. The average molecular weight is 471 g/mol. The monoisotopic (exact) mass is 470 g/mol. The number of benzene rings is 2. The van der Waals surface area contributed by atoms with Crippen LogP contribution in [-0.4, -0.2) is 66.2 Å². The van der Waals surface area contributed by atoms with Crippen LogP contribution >= 0.6 is 0 Å². The second-order valence-corrected chi connectivity index (χ2v) is 10.8. The number of nitrogens with one attached hydrogen (secondary N) is 1. The van der Waals surface area contributed by atoms with Crippen molar-refractivity contribution in [2.75, 3.05) is 32.4 Å². The van der Waals surface area contributed by atoms with Gasteiger partial charge < -0.3 is 4.90 Å². The van der Waals surface area contributed by atoms with Crippen molar-refractivity contribution in [3.05, 3.63) is 75.5 Å². The summed E-state index contributed by atoms with van der Waals surface area (Å²) in [6, 6.07) is 11.5. The Morgan fingerprint density at radius 3 is 2.42 bits per heavy atom. The lowest BCUT2D eigenvalue weighted by atomic mass is 10.0. The molecule has 2 saturated heterocycles. The summed E-state index contributed by atoms with van der Waals surface area (Å²) in [6.07, 6.45) is 1.52. The fraction of sp³-hybridized carbons (Fsp3) is 0.348. The van der Waals surface area contributed by atoms with Crippen molar-refractivity contribution >= 4 is 26.7 Å². The minimum absolute atomic E-state index is 0.0128. The number of carbonyl (C=O) groups excluding carboxylic acids is 1. The van der Waals surface area contributed by atoms with Crippen LogP contribution in [0.5, 0.6) is 0 Å². The first kappa shape index (κ1) is 21.7. The molecule has 0 spiro atoms. The van der Waals surface area contributed by atoms with Gasteiger partial charge >= 0.3 is 0 Å². The predicted octanol–water partition coefficient (Wildman–Crippen LogP) is 1.62. The number of aromatic amines is 1. The standard InChI is InChI=1S/C23H23FN4O4S/c1-33(31,32)28-12-15-10-27(11-16(15)13-28)23(30)19-8-14(6-7-20(19)24)9-21-17-4-2-3-5-18(17)22(29)26-25-21/h2-8,15-16H,9-13H2,1H3,(H,26,29). The Bertz CT molecular complexity index is 1410. The lowest BCUT2D eigenvalue weighted by molar-refractivity contribution is 0.0774. The topological polar surface area (TPSA) is 103 Å². The lowest BCUT2D eigenvalue weighted by Crippen LogP contribution is -2.35. The van der Waals surface area contributed by atoms with E-state index < -0.39 is 21.7 Å². The lowest BCUT2D eigenvalue weighted by Gasteiger charge is -2.21. The summed E-state index contributed by atoms with van der Waals surface area (Å²) >= 11 is 0. The number of amides is 1. The van der Waals surface area contributed by atoms with E-state index in [2.05, 4.69) is 10.2 Å². The zero-order chi connectivity index (χ0) is 23.3. The summed E-state index contributed by atoms with van der Waals surface area (Å²) in [6.45, 7) is 1.60. The molecular formula is C23H23FN4O4S. The number of hydrogen-bond donors (Lipinski definition) is 1. The van der Waals surface area contributed by atoms with Crippen molar-refractivity contribution in [1.82, 2.24) is 19.4 Å². The normalized spacial score (nSPS) is 21.0. The van der Waals surface area contributed by atoms with E-state index in [1.54, 1.807) is 23.1 Å². The molecule has 0 aliphatic carbocycles. The Kier molecular flexibility index (Phi) is 5.29. The second kappa shape index (κ2) is 8.03. The van der Waals surface area contributed by atoms with Gasteiger partial charge in [-0.05, 0) is 35.6 Å². The summed E-state index contributed by atoms with van der Waals surface area (Å²) in [5, 5.41) is 7.88. The van der Waals surface area contributed by atoms with Crippen LogP contribution in [0.2, 0.25) is 0 Å². The third-order valence-electron chi connectivity index (χ3n) is 6.62. The minimum Gasteiger partial charge on any atom is -0.338 e. The van der Waals surface area contributed by atoms with E-state index in [1.807, 2.05) is 12.1 Å². The molecule has 1 aromatic heterocycles. The van der Waals surface area contributed by atoms with Gasteiger partial charge in [-0.15, -0.1) is 0 Å². The first-order valence-electron chi connectivity index (χ1n) is 10.7. The fourth-order valence-electron chi connectivity index (χ4n) is 4.90. The molecule has 1 amide bonds. The molecule has 0 saturated carbocycles. The summed E-state index contributed by atoms with van der Waals surface area (Å²) in [5.41, 5.74) is 1.04. The number of aromatic nitrogens is 2. The van der Waals surface area contributed by atoms with Crippen LogP contribution in [-0.2, 0) is 16.4 Å². The molecule has 0 bridgehead atoms. The molecule has 8 nitrogen and oxygen atoms in total. The molecule has 2 aliphatic rings. The Balaban J connectivity index is 1.37. The molecule has 2 fully saturated rings. The molecule has 3 aromatic rings. The fourth-order valence-corrected chi connectivity index (χ4v) is 5.83. The molecule has 10 heteroatoms. The highest BCUT2D eigenvalue weighted by molar-refractivity contribution is 7.88. The maximum absolute atomic E-state index is 14.6. The molecule has 3 heterocycles. The maximum atomic E-state index is 14.6. The summed E-state index contributed by atoms with van der Waals surface area (Å²) < 4.78 is 39.7. The SMILES string of the molecule is CS(=O)(=O)N1CC2CN(C(=O)c3cc(Cc4n[nH]c(=O)c5ccccc45)ccc3F)CC2C1. The number of carbonyl (C=O) groups is 1. The third-order valence-corrected chi connectivity index (χ3v) is 7.85. The van der Waals surface area contributed by atoms with Crippen LogP contribution in [0.25, 0.3) is 10.8 Å². The number of hydrogen-bond acceptors (Lipinski definition) is 5. The zero-order valence-corrected chi connectivity index (χ0v) is 18.8. The maximum Gasteiger partial charge on any atom is 0.272 e. The van der Waals surface area contributed by atoms with Gasteiger partial charge in [0.05, 0.1) is 22.9 Å². The van der Waals surface area contributed by atoms with Gasteiger partial charge in [-0.25, -0.2) is 22.2 Å². The Morgan fingerprint density at radius 2 is 1.76 bits per heavy atom. The summed E-state index contributed by atoms with van der Waals surface area (Å²) in [5.74, 6) is -0.870. The highest BCUT2D eigenvalue weighted by Crippen LogP contribution is 2.33. The molecule has 2 aromatic carbocycles. The molecule has 2 aliphatic heterocycles. The number of halogens is 1. The van der Waals surface area contributed by atoms with Gasteiger partial charge in [-0.2, -0.15) is 5.10 Å². The van der Waals surface area contributed by atoms with Gasteiger partial charge in [0, 0.05) is 38.0 Å². The van der Waals surface area contributed by atoms with Gasteiger partial charge in [0.1, 0.15) is 5.82 Å².